The summed E-state index contributed by atoms with van der Waals surface area (Å²) in [5.41, 5.74) is 2.62. The molecule has 1 heterocycles. The van der Waals surface area contributed by atoms with Crippen LogP contribution in [0.2, 0.25) is 0 Å². The molecule has 7 heteroatoms. The molecule has 0 aliphatic carbocycles. The molecule has 2 aromatic rings. The Morgan fingerprint density at radius 1 is 1.10 bits per heavy atom. The zero-order valence-electron chi connectivity index (χ0n) is 18.0. The zero-order chi connectivity index (χ0) is 21.9. The van der Waals surface area contributed by atoms with Crippen molar-refractivity contribution in [2.75, 3.05) is 12.8 Å². The third kappa shape index (κ3) is 6.06. The average molecular weight is 431 g/mol. The van der Waals surface area contributed by atoms with Crippen LogP contribution in [-0.2, 0) is 21.2 Å². The van der Waals surface area contributed by atoms with Gasteiger partial charge in [0.15, 0.2) is 0 Å². The maximum Gasteiger partial charge on any atom is 0.410 e. The van der Waals surface area contributed by atoms with Gasteiger partial charge in [-0.2, -0.15) is 0 Å². The fourth-order valence-electron chi connectivity index (χ4n) is 3.82. The van der Waals surface area contributed by atoms with Crippen molar-refractivity contribution in [2.24, 2.45) is 0 Å². The molecule has 1 saturated heterocycles. The van der Waals surface area contributed by atoms with Gasteiger partial charge in [-0.15, -0.1) is 0 Å². The van der Waals surface area contributed by atoms with Gasteiger partial charge in [0.2, 0.25) is 10.0 Å². The van der Waals surface area contributed by atoms with Crippen LogP contribution in [0.4, 0.5) is 4.79 Å². The third-order valence-electron chi connectivity index (χ3n) is 5.02. The Hall–Kier alpha value is -2.38. The summed E-state index contributed by atoms with van der Waals surface area (Å²) in [7, 11) is -3.40. The second-order valence-electron chi connectivity index (χ2n) is 8.80. The SMILES string of the molecule is CC(C)(C)OC(=O)N1CC[C@H](NS(C)(=O)=O)[C@@H]1Cc1cccc(-c2ccccc2)c1. The highest BCUT2D eigenvalue weighted by molar-refractivity contribution is 7.88. The molecule has 30 heavy (non-hydrogen) atoms. The Bertz CT molecular complexity index is 984. The number of benzene rings is 2. The normalized spacial score (nSPS) is 19.7. The first-order chi connectivity index (χ1) is 14.0. The van der Waals surface area contributed by atoms with Gasteiger partial charge in [-0.3, -0.25) is 0 Å². The summed E-state index contributed by atoms with van der Waals surface area (Å²) >= 11 is 0. The number of ether oxygens (including phenoxy) is 1. The lowest BCUT2D eigenvalue weighted by Gasteiger charge is -2.31. The summed E-state index contributed by atoms with van der Waals surface area (Å²) in [5.74, 6) is 0. The van der Waals surface area contributed by atoms with Crippen molar-refractivity contribution in [1.82, 2.24) is 9.62 Å². The fraction of sp³-hybridized carbons (Fsp3) is 0.435. The quantitative estimate of drug-likeness (QED) is 0.782. The molecule has 0 aromatic heterocycles. The Kier molecular flexibility index (Phi) is 6.53. The van der Waals surface area contributed by atoms with Gasteiger partial charge in [0, 0.05) is 12.6 Å². The van der Waals surface area contributed by atoms with Gasteiger partial charge in [-0.1, -0.05) is 54.6 Å². The monoisotopic (exact) mass is 430 g/mol. The summed E-state index contributed by atoms with van der Waals surface area (Å²) in [6.45, 7) is 5.92. The van der Waals surface area contributed by atoms with Gasteiger partial charge in [0.1, 0.15) is 5.60 Å². The van der Waals surface area contributed by atoms with E-state index in [0.717, 1.165) is 22.9 Å². The molecule has 1 aliphatic heterocycles. The molecule has 3 rings (SSSR count). The largest absolute Gasteiger partial charge is 0.444 e. The van der Waals surface area contributed by atoms with E-state index >= 15 is 0 Å². The number of carbonyl (C=O) groups excluding carboxylic acids is 1. The lowest BCUT2D eigenvalue weighted by atomic mass is 9.97. The summed E-state index contributed by atoms with van der Waals surface area (Å²) < 4.78 is 32.0. The van der Waals surface area contributed by atoms with Crippen LogP contribution in [0, 0.1) is 0 Å². The minimum absolute atomic E-state index is 0.319. The summed E-state index contributed by atoms with van der Waals surface area (Å²) in [6.07, 6.45) is 1.82. The van der Waals surface area contributed by atoms with Crippen molar-refractivity contribution in [3.8, 4) is 11.1 Å². The van der Waals surface area contributed by atoms with Crippen molar-refractivity contribution in [3.05, 3.63) is 60.2 Å². The number of rotatable bonds is 5. The zero-order valence-corrected chi connectivity index (χ0v) is 18.8. The number of hydrogen-bond donors (Lipinski definition) is 1. The van der Waals surface area contributed by atoms with Crippen LogP contribution in [0.1, 0.15) is 32.8 Å². The second-order valence-corrected chi connectivity index (χ2v) is 10.6. The molecule has 1 N–H and O–H groups in total. The Morgan fingerprint density at radius 3 is 2.40 bits per heavy atom. The molecule has 0 radical (unpaired) electrons. The molecular formula is C23H30N2O4S. The van der Waals surface area contributed by atoms with Gasteiger partial charge < -0.3 is 9.64 Å². The van der Waals surface area contributed by atoms with Crippen molar-refractivity contribution < 1.29 is 17.9 Å². The molecule has 0 saturated carbocycles. The van der Waals surface area contributed by atoms with E-state index in [1.807, 2.05) is 57.2 Å². The van der Waals surface area contributed by atoms with Crippen LogP contribution in [-0.4, -0.2) is 49.9 Å². The molecule has 2 atom stereocenters. The highest BCUT2D eigenvalue weighted by Gasteiger charge is 2.40. The van der Waals surface area contributed by atoms with E-state index in [1.165, 1.54) is 0 Å². The summed E-state index contributed by atoms with van der Waals surface area (Å²) in [4.78, 5) is 14.4. The number of hydrogen-bond acceptors (Lipinski definition) is 4. The van der Waals surface area contributed by atoms with Crippen LogP contribution in [0.3, 0.4) is 0 Å². The number of likely N-dealkylation sites (tertiary alicyclic amines) is 1. The number of sulfonamides is 1. The van der Waals surface area contributed by atoms with Crippen LogP contribution >= 0.6 is 0 Å². The van der Waals surface area contributed by atoms with Gasteiger partial charge in [-0.25, -0.2) is 17.9 Å². The molecule has 1 amide bonds. The summed E-state index contributed by atoms with van der Waals surface area (Å²) in [5, 5.41) is 0. The van der Waals surface area contributed by atoms with E-state index in [-0.39, 0.29) is 12.1 Å². The van der Waals surface area contributed by atoms with E-state index in [2.05, 4.69) is 22.9 Å². The van der Waals surface area contributed by atoms with Crippen molar-refractivity contribution in [3.63, 3.8) is 0 Å². The van der Waals surface area contributed by atoms with Crippen LogP contribution in [0.15, 0.2) is 54.6 Å². The second kappa shape index (κ2) is 8.78. The van der Waals surface area contributed by atoms with E-state index in [9.17, 15) is 13.2 Å². The number of carbonyl (C=O) groups is 1. The van der Waals surface area contributed by atoms with Gasteiger partial charge in [0.05, 0.1) is 12.3 Å². The minimum atomic E-state index is -3.40. The molecule has 1 aliphatic rings. The standard InChI is InChI=1S/C23H30N2O4S/c1-23(2,3)29-22(26)25-14-13-20(24-30(4,27)28)21(25)16-17-9-8-12-19(15-17)18-10-6-5-7-11-18/h5-12,15,20-21,24H,13-14,16H2,1-4H3/t20-,21-/m0/s1. The van der Waals surface area contributed by atoms with Crippen LogP contribution < -0.4 is 4.72 Å². The van der Waals surface area contributed by atoms with Gasteiger partial charge >= 0.3 is 6.09 Å². The van der Waals surface area contributed by atoms with Gasteiger partial charge in [-0.05, 0) is 50.3 Å². The maximum absolute atomic E-state index is 12.8. The molecule has 6 nitrogen and oxygen atoms in total. The smallest absolute Gasteiger partial charge is 0.410 e. The van der Waals surface area contributed by atoms with Crippen molar-refractivity contribution >= 4 is 16.1 Å². The van der Waals surface area contributed by atoms with Crippen molar-refractivity contribution in [1.29, 1.82) is 0 Å². The minimum Gasteiger partial charge on any atom is -0.444 e. The molecule has 162 valence electrons. The van der Waals surface area contributed by atoms with Crippen molar-refractivity contribution in [2.45, 2.75) is 51.3 Å². The Morgan fingerprint density at radius 2 is 1.77 bits per heavy atom. The topological polar surface area (TPSA) is 75.7 Å². The average Bonchev–Trinajstić information content (AvgIpc) is 3.02. The predicted molar refractivity (Wildman–Crippen MR) is 119 cm³/mol. The Balaban J connectivity index is 1.86. The lowest BCUT2D eigenvalue weighted by Crippen LogP contribution is -2.48. The predicted octanol–water partition coefficient (Wildman–Crippen LogP) is 3.82. The third-order valence-corrected chi connectivity index (χ3v) is 5.75. The first kappa shape index (κ1) is 22.3. The molecule has 0 unspecified atom stereocenters. The molecular weight excluding hydrogens is 400 g/mol. The van der Waals surface area contributed by atoms with E-state index in [4.69, 9.17) is 4.74 Å². The number of nitrogens with one attached hydrogen (secondary N) is 1. The van der Waals surface area contributed by atoms with Crippen LogP contribution in [0.5, 0.6) is 0 Å². The molecule has 0 bridgehead atoms. The summed E-state index contributed by atoms with van der Waals surface area (Å²) in [6, 6.07) is 17.5. The highest BCUT2D eigenvalue weighted by Crippen LogP contribution is 2.27. The first-order valence-corrected chi connectivity index (χ1v) is 12.0. The van der Waals surface area contributed by atoms with Gasteiger partial charge in [0.25, 0.3) is 0 Å². The van der Waals surface area contributed by atoms with E-state index in [1.54, 1.807) is 4.90 Å². The highest BCUT2D eigenvalue weighted by atomic mass is 32.2. The first-order valence-electron chi connectivity index (χ1n) is 10.1. The molecule has 1 fully saturated rings. The van der Waals surface area contributed by atoms with E-state index < -0.39 is 21.7 Å². The number of nitrogens with zero attached hydrogens (tertiary/aromatic N) is 1. The number of amides is 1. The van der Waals surface area contributed by atoms with Crippen LogP contribution in [0.25, 0.3) is 11.1 Å². The lowest BCUT2D eigenvalue weighted by molar-refractivity contribution is 0.0218. The van der Waals surface area contributed by atoms with E-state index in [0.29, 0.717) is 19.4 Å². The fourth-order valence-corrected chi connectivity index (χ4v) is 4.64. The molecule has 0 spiro atoms. The Labute approximate surface area is 179 Å². The molecule has 2 aromatic carbocycles. The maximum atomic E-state index is 12.8.